The van der Waals surface area contributed by atoms with Crippen LogP contribution >= 0.6 is 23.2 Å². The Kier molecular flexibility index (Phi) is 4.97. The fourth-order valence-corrected chi connectivity index (χ4v) is 3.39. The predicted octanol–water partition coefficient (Wildman–Crippen LogP) is 6.78. The van der Waals surface area contributed by atoms with Crippen molar-refractivity contribution >= 4 is 39.9 Å². The quantitative estimate of drug-likeness (QED) is 0.415. The summed E-state index contributed by atoms with van der Waals surface area (Å²) in [6, 6.07) is 23.5. The van der Waals surface area contributed by atoms with Gasteiger partial charge in [0.25, 0.3) is 0 Å². The number of benzene rings is 3. The number of fused-ring (bicyclic) bond motifs is 1. The highest BCUT2D eigenvalue weighted by Gasteiger charge is 2.14. The van der Waals surface area contributed by atoms with Crippen molar-refractivity contribution < 1.29 is 0 Å². The van der Waals surface area contributed by atoms with Crippen LogP contribution in [0.3, 0.4) is 0 Å². The van der Waals surface area contributed by atoms with Crippen LogP contribution in [0.1, 0.15) is 18.5 Å². The molecule has 0 radical (unpaired) electrons. The number of nitrogens with one attached hydrogen (secondary N) is 1. The molecular weight excluding hydrogens is 377 g/mol. The van der Waals surface area contributed by atoms with Crippen LogP contribution in [0.15, 0.2) is 72.8 Å². The van der Waals surface area contributed by atoms with Crippen molar-refractivity contribution in [3.63, 3.8) is 0 Å². The monoisotopic (exact) mass is 393 g/mol. The van der Waals surface area contributed by atoms with Crippen LogP contribution in [0.25, 0.3) is 22.3 Å². The van der Waals surface area contributed by atoms with Crippen LogP contribution in [0.4, 0.5) is 5.82 Å². The second-order valence-electron chi connectivity index (χ2n) is 6.31. The first-order chi connectivity index (χ1) is 13.1. The number of aromatic nitrogens is 2. The minimum Gasteiger partial charge on any atom is -0.363 e. The van der Waals surface area contributed by atoms with Crippen LogP contribution in [-0.4, -0.2) is 9.97 Å². The van der Waals surface area contributed by atoms with E-state index in [1.807, 2.05) is 60.7 Å². The van der Waals surface area contributed by atoms with Crippen LogP contribution < -0.4 is 5.32 Å². The Morgan fingerprint density at radius 1 is 0.852 bits per heavy atom. The van der Waals surface area contributed by atoms with E-state index in [-0.39, 0.29) is 6.04 Å². The van der Waals surface area contributed by atoms with E-state index in [1.165, 1.54) is 5.56 Å². The van der Waals surface area contributed by atoms with Gasteiger partial charge in [0.15, 0.2) is 5.82 Å². The molecule has 0 bridgehead atoms. The first kappa shape index (κ1) is 17.8. The molecule has 0 unspecified atom stereocenters. The average Bonchev–Trinajstić information content (AvgIpc) is 2.68. The zero-order valence-electron chi connectivity index (χ0n) is 14.7. The summed E-state index contributed by atoms with van der Waals surface area (Å²) in [7, 11) is 0. The molecule has 0 spiro atoms. The highest BCUT2D eigenvalue weighted by molar-refractivity contribution is 6.33. The first-order valence-electron chi connectivity index (χ1n) is 8.65. The average molecular weight is 394 g/mol. The molecule has 27 heavy (non-hydrogen) atoms. The SMILES string of the molecule is C[C@H](Nc1nc(-c2ccccc2Cl)nc2cc(Cl)ccc12)c1ccccc1. The summed E-state index contributed by atoms with van der Waals surface area (Å²) in [4.78, 5) is 9.47. The fourth-order valence-electron chi connectivity index (χ4n) is 3.01. The van der Waals surface area contributed by atoms with E-state index in [4.69, 9.17) is 28.2 Å². The lowest BCUT2D eigenvalue weighted by Gasteiger charge is -2.17. The Balaban J connectivity index is 1.84. The van der Waals surface area contributed by atoms with Crippen molar-refractivity contribution in [3.05, 3.63) is 88.4 Å². The van der Waals surface area contributed by atoms with Gasteiger partial charge >= 0.3 is 0 Å². The molecule has 134 valence electrons. The number of halogens is 2. The third-order valence-electron chi connectivity index (χ3n) is 4.43. The van der Waals surface area contributed by atoms with Gasteiger partial charge in [-0.05, 0) is 42.8 Å². The van der Waals surface area contributed by atoms with E-state index in [9.17, 15) is 0 Å². The Hall–Kier alpha value is -2.62. The Morgan fingerprint density at radius 2 is 1.59 bits per heavy atom. The zero-order valence-corrected chi connectivity index (χ0v) is 16.2. The first-order valence-corrected chi connectivity index (χ1v) is 9.41. The molecule has 1 heterocycles. The fraction of sp³-hybridized carbons (Fsp3) is 0.0909. The van der Waals surface area contributed by atoms with Gasteiger partial charge in [0.05, 0.1) is 10.5 Å². The van der Waals surface area contributed by atoms with Crippen LogP contribution in [0.5, 0.6) is 0 Å². The minimum absolute atomic E-state index is 0.0825. The third-order valence-corrected chi connectivity index (χ3v) is 4.99. The van der Waals surface area contributed by atoms with Gasteiger partial charge < -0.3 is 5.32 Å². The third kappa shape index (κ3) is 3.75. The van der Waals surface area contributed by atoms with Gasteiger partial charge in [-0.2, -0.15) is 0 Å². The van der Waals surface area contributed by atoms with Crippen molar-refractivity contribution in [1.82, 2.24) is 9.97 Å². The topological polar surface area (TPSA) is 37.8 Å². The van der Waals surface area contributed by atoms with Crippen molar-refractivity contribution in [1.29, 1.82) is 0 Å². The van der Waals surface area contributed by atoms with Gasteiger partial charge in [-0.25, -0.2) is 9.97 Å². The van der Waals surface area contributed by atoms with Crippen molar-refractivity contribution in [3.8, 4) is 11.4 Å². The molecule has 0 saturated carbocycles. The molecule has 0 fully saturated rings. The minimum atomic E-state index is 0.0825. The standard InChI is InChI=1S/C22H17Cl2N3/c1-14(15-7-3-2-4-8-15)25-22-18-12-11-16(23)13-20(18)26-21(27-22)17-9-5-6-10-19(17)24/h2-14H,1H3,(H,25,26,27)/t14-/m0/s1. The number of rotatable bonds is 4. The summed E-state index contributed by atoms with van der Waals surface area (Å²) in [5.41, 5.74) is 2.74. The lowest BCUT2D eigenvalue weighted by molar-refractivity contribution is 0.876. The van der Waals surface area contributed by atoms with Crippen LogP contribution in [-0.2, 0) is 0 Å². The Bertz CT molecular complexity index is 1100. The molecule has 3 nitrogen and oxygen atoms in total. The van der Waals surface area contributed by atoms with Gasteiger partial charge in [0.1, 0.15) is 5.82 Å². The van der Waals surface area contributed by atoms with Crippen LogP contribution in [0, 0.1) is 0 Å². The summed E-state index contributed by atoms with van der Waals surface area (Å²) in [6.07, 6.45) is 0. The molecule has 0 aliphatic heterocycles. The van der Waals surface area contributed by atoms with Crippen molar-refractivity contribution in [2.75, 3.05) is 5.32 Å². The van der Waals surface area contributed by atoms with Crippen LogP contribution in [0.2, 0.25) is 10.0 Å². The van der Waals surface area contributed by atoms with Gasteiger partial charge in [0.2, 0.25) is 0 Å². The zero-order chi connectivity index (χ0) is 18.8. The molecule has 0 saturated heterocycles. The van der Waals surface area contributed by atoms with E-state index in [0.717, 1.165) is 22.3 Å². The highest BCUT2D eigenvalue weighted by Crippen LogP contribution is 2.31. The molecule has 1 atom stereocenters. The molecular formula is C22H17Cl2N3. The van der Waals surface area contributed by atoms with E-state index in [1.54, 1.807) is 0 Å². The van der Waals surface area contributed by atoms with Crippen molar-refractivity contribution in [2.45, 2.75) is 13.0 Å². The molecule has 1 N–H and O–H groups in total. The molecule has 5 heteroatoms. The lowest BCUT2D eigenvalue weighted by atomic mass is 10.1. The largest absolute Gasteiger partial charge is 0.363 e. The maximum atomic E-state index is 6.37. The van der Waals surface area contributed by atoms with E-state index < -0.39 is 0 Å². The summed E-state index contributed by atoms with van der Waals surface area (Å²) in [5, 5.41) is 5.67. The molecule has 0 aliphatic carbocycles. The van der Waals surface area contributed by atoms with Gasteiger partial charge in [-0.3, -0.25) is 0 Å². The molecule has 4 aromatic rings. The predicted molar refractivity (Wildman–Crippen MR) is 113 cm³/mol. The van der Waals surface area contributed by atoms with Gasteiger partial charge in [0, 0.05) is 22.0 Å². The second kappa shape index (κ2) is 7.55. The van der Waals surface area contributed by atoms with Gasteiger partial charge in [-0.1, -0.05) is 65.7 Å². The maximum absolute atomic E-state index is 6.37. The molecule has 0 aliphatic rings. The van der Waals surface area contributed by atoms with Crippen molar-refractivity contribution in [2.24, 2.45) is 0 Å². The number of anilines is 1. The molecule has 4 rings (SSSR count). The Labute approximate surface area is 168 Å². The number of hydrogen-bond acceptors (Lipinski definition) is 3. The summed E-state index contributed by atoms with van der Waals surface area (Å²) in [6.45, 7) is 2.11. The molecule has 1 aromatic heterocycles. The molecule has 0 amide bonds. The smallest absolute Gasteiger partial charge is 0.163 e. The van der Waals surface area contributed by atoms with E-state index in [0.29, 0.717) is 15.9 Å². The van der Waals surface area contributed by atoms with E-state index >= 15 is 0 Å². The number of hydrogen-bond donors (Lipinski definition) is 1. The van der Waals surface area contributed by atoms with E-state index in [2.05, 4.69) is 29.4 Å². The lowest BCUT2D eigenvalue weighted by Crippen LogP contribution is -2.09. The summed E-state index contributed by atoms with van der Waals surface area (Å²) >= 11 is 12.6. The number of nitrogens with zero attached hydrogens (tertiary/aromatic N) is 2. The highest BCUT2D eigenvalue weighted by atomic mass is 35.5. The summed E-state index contributed by atoms with van der Waals surface area (Å²) in [5.74, 6) is 1.32. The maximum Gasteiger partial charge on any atom is 0.163 e. The molecule has 3 aromatic carbocycles. The van der Waals surface area contributed by atoms with Gasteiger partial charge in [-0.15, -0.1) is 0 Å². The normalized spacial score (nSPS) is 12.1. The second-order valence-corrected chi connectivity index (χ2v) is 7.16. The Morgan fingerprint density at radius 3 is 2.37 bits per heavy atom. The summed E-state index contributed by atoms with van der Waals surface area (Å²) < 4.78 is 0.